The Morgan fingerprint density at radius 1 is 1.33 bits per heavy atom. The van der Waals surface area contributed by atoms with E-state index in [4.69, 9.17) is 0 Å². The van der Waals surface area contributed by atoms with Crippen LogP contribution in [0.4, 0.5) is 10.1 Å². The van der Waals surface area contributed by atoms with Gasteiger partial charge >= 0.3 is 0 Å². The zero-order chi connectivity index (χ0) is 15.6. The fourth-order valence-corrected chi connectivity index (χ4v) is 2.93. The molecule has 2 atom stereocenters. The van der Waals surface area contributed by atoms with Crippen LogP contribution in [0.1, 0.15) is 33.1 Å². The predicted molar refractivity (Wildman–Crippen MR) is 82.5 cm³/mol. The van der Waals surface area contributed by atoms with Crippen molar-refractivity contribution in [2.75, 3.05) is 4.90 Å². The van der Waals surface area contributed by atoms with Crippen LogP contribution in [0.15, 0.2) is 22.7 Å². The minimum Gasteiger partial charge on any atom is -0.342 e. The molecule has 0 spiro atoms. The van der Waals surface area contributed by atoms with Crippen molar-refractivity contribution in [3.63, 3.8) is 0 Å². The van der Waals surface area contributed by atoms with E-state index in [0.29, 0.717) is 17.3 Å². The molecule has 1 heterocycles. The quantitative estimate of drug-likeness (QED) is 0.901. The fraction of sp³-hybridized carbons (Fsp3) is 0.467. The van der Waals surface area contributed by atoms with Gasteiger partial charge in [-0.25, -0.2) is 4.39 Å². The summed E-state index contributed by atoms with van der Waals surface area (Å²) in [5, 5.41) is 2.74. The molecule has 2 unspecified atom stereocenters. The number of benzene rings is 1. The van der Waals surface area contributed by atoms with Gasteiger partial charge in [-0.05, 0) is 31.0 Å². The summed E-state index contributed by atoms with van der Waals surface area (Å²) in [6.07, 6.45) is 1.75. The Bertz CT molecular complexity index is 565. The molecule has 1 N–H and O–H groups in total. The molecule has 0 bridgehead atoms. The summed E-state index contributed by atoms with van der Waals surface area (Å²) in [5.41, 5.74) is 0.150. The number of carbonyl (C=O) groups excluding carboxylic acids is 2. The monoisotopic (exact) mass is 356 g/mol. The van der Waals surface area contributed by atoms with Crippen molar-refractivity contribution in [3.8, 4) is 0 Å². The molecule has 0 radical (unpaired) electrons. The molecule has 2 rings (SSSR count). The highest BCUT2D eigenvalue weighted by Crippen LogP contribution is 2.29. The molecular formula is C15H18BrFN2O2. The zero-order valence-corrected chi connectivity index (χ0v) is 13.6. The number of rotatable bonds is 4. The SMILES string of the molecule is CCCC1NC(=O)C(CC)N(c2cc(Br)ccc2F)C1=O. The minimum atomic E-state index is -0.672. The van der Waals surface area contributed by atoms with Crippen LogP contribution in [-0.4, -0.2) is 23.9 Å². The normalized spacial score (nSPS) is 22.4. The van der Waals surface area contributed by atoms with E-state index in [9.17, 15) is 14.0 Å². The lowest BCUT2D eigenvalue weighted by atomic mass is 10.0. The molecule has 21 heavy (non-hydrogen) atoms. The number of nitrogens with zero attached hydrogens (tertiary/aromatic N) is 1. The standard InChI is InChI=1S/C15H18BrFN2O2/c1-3-5-11-15(21)19(12(4-2)14(20)18-11)13-8-9(16)6-7-10(13)17/h6-8,11-12H,3-5H2,1-2H3,(H,18,20). The summed E-state index contributed by atoms with van der Waals surface area (Å²) in [4.78, 5) is 26.1. The van der Waals surface area contributed by atoms with Crippen LogP contribution in [0.25, 0.3) is 0 Å². The van der Waals surface area contributed by atoms with E-state index in [1.165, 1.54) is 17.0 Å². The summed E-state index contributed by atoms with van der Waals surface area (Å²) >= 11 is 3.28. The molecule has 0 aliphatic carbocycles. The first-order chi connectivity index (χ1) is 9.99. The van der Waals surface area contributed by atoms with Gasteiger partial charge in [0.1, 0.15) is 17.9 Å². The molecule has 0 saturated carbocycles. The second-order valence-electron chi connectivity index (χ2n) is 5.08. The molecule has 114 valence electrons. The third kappa shape index (κ3) is 3.10. The van der Waals surface area contributed by atoms with E-state index >= 15 is 0 Å². The number of piperazine rings is 1. The third-order valence-corrected chi connectivity index (χ3v) is 4.09. The molecule has 1 aliphatic rings. The van der Waals surface area contributed by atoms with Gasteiger partial charge < -0.3 is 5.32 Å². The Labute approximate surface area is 131 Å². The largest absolute Gasteiger partial charge is 0.342 e. The molecular weight excluding hydrogens is 339 g/mol. The van der Waals surface area contributed by atoms with Crippen LogP contribution in [0.5, 0.6) is 0 Å². The van der Waals surface area contributed by atoms with Crippen LogP contribution in [-0.2, 0) is 9.59 Å². The molecule has 1 aromatic rings. The molecule has 1 fully saturated rings. The van der Waals surface area contributed by atoms with E-state index in [1.807, 2.05) is 6.92 Å². The first-order valence-corrected chi connectivity index (χ1v) is 7.87. The Kier molecular flexibility index (Phi) is 4.98. The van der Waals surface area contributed by atoms with E-state index in [-0.39, 0.29) is 17.5 Å². The Morgan fingerprint density at radius 3 is 2.67 bits per heavy atom. The van der Waals surface area contributed by atoms with E-state index in [0.717, 1.165) is 6.42 Å². The van der Waals surface area contributed by atoms with Crippen LogP contribution >= 0.6 is 15.9 Å². The lowest BCUT2D eigenvalue weighted by Crippen LogP contribution is -2.63. The van der Waals surface area contributed by atoms with E-state index in [1.54, 1.807) is 13.0 Å². The fourth-order valence-electron chi connectivity index (χ4n) is 2.58. The Balaban J connectivity index is 2.46. The van der Waals surface area contributed by atoms with Crippen molar-refractivity contribution in [2.45, 2.75) is 45.2 Å². The number of halogens is 2. The van der Waals surface area contributed by atoms with Gasteiger partial charge in [-0.2, -0.15) is 0 Å². The molecule has 0 aromatic heterocycles. The minimum absolute atomic E-state index is 0.150. The number of nitrogens with one attached hydrogen (secondary N) is 1. The van der Waals surface area contributed by atoms with Gasteiger partial charge in [0.15, 0.2) is 0 Å². The van der Waals surface area contributed by atoms with Gasteiger partial charge in [-0.1, -0.05) is 36.2 Å². The van der Waals surface area contributed by atoms with Gasteiger partial charge in [-0.3, -0.25) is 14.5 Å². The second kappa shape index (κ2) is 6.56. The van der Waals surface area contributed by atoms with E-state index in [2.05, 4.69) is 21.2 Å². The van der Waals surface area contributed by atoms with Crippen molar-refractivity contribution in [3.05, 3.63) is 28.5 Å². The first kappa shape index (κ1) is 15.9. The summed E-state index contributed by atoms with van der Waals surface area (Å²) < 4.78 is 14.8. The molecule has 1 aliphatic heterocycles. The lowest BCUT2D eigenvalue weighted by Gasteiger charge is -2.38. The summed E-state index contributed by atoms with van der Waals surface area (Å²) in [7, 11) is 0. The van der Waals surface area contributed by atoms with Crippen molar-refractivity contribution >= 4 is 33.4 Å². The van der Waals surface area contributed by atoms with Gasteiger partial charge in [0.25, 0.3) is 0 Å². The number of carbonyl (C=O) groups is 2. The predicted octanol–water partition coefficient (Wildman–Crippen LogP) is 3.00. The average molecular weight is 357 g/mol. The number of hydrogen-bond donors (Lipinski definition) is 1. The van der Waals surface area contributed by atoms with E-state index < -0.39 is 17.9 Å². The highest BCUT2D eigenvalue weighted by molar-refractivity contribution is 9.10. The Hall–Kier alpha value is -1.43. The summed E-state index contributed by atoms with van der Waals surface area (Å²) in [6.45, 7) is 3.75. The van der Waals surface area contributed by atoms with Gasteiger partial charge in [0.2, 0.25) is 11.8 Å². The Morgan fingerprint density at radius 2 is 2.05 bits per heavy atom. The van der Waals surface area contributed by atoms with Crippen molar-refractivity contribution in [1.82, 2.24) is 5.32 Å². The van der Waals surface area contributed by atoms with Crippen molar-refractivity contribution in [1.29, 1.82) is 0 Å². The van der Waals surface area contributed by atoms with Crippen LogP contribution in [0.2, 0.25) is 0 Å². The smallest absolute Gasteiger partial charge is 0.250 e. The van der Waals surface area contributed by atoms with Gasteiger partial charge in [0.05, 0.1) is 5.69 Å². The van der Waals surface area contributed by atoms with Crippen molar-refractivity contribution in [2.24, 2.45) is 0 Å². The van der Waals surface area contributed by atoms with Gasteiger partial charge in [0, 0.05) is 4.47 Å². The third-order valence-electron chi connectivity index (χ3n) is 3.60. The maximum Gasteiger partial charge on any atom is 0.250 e. The average Bonchev–Trinajstić information content (AvgIpc) is 2.45. The van der Waals surface area contributed by atoms with Crippen LogP contribution < -0.4 is 10.2 Å². The molecule has 1 saturated heterocycles. The lowest BCUT2D eigenvalue weighted by molar-refractivity contribution is -0.134. The van der Waals surface area contributed by atoms with Gasteiger partial charge in [-0.15, -0.1) is 0 Å². The molecule has 2 amide bonds. The highest BCUT2D eigenvalue weighted by Gasteiger charge is 2.40. The first-order valence-electron chi connectivity index (χ1n) is 7.08. The molecule has 4 nitrogen and oxygen atoms in total. The summed E-state index contributed by atoms with van der Waals surface area (Å²) in [6, 6.07) is 3.15. The maximum atomic E-state index is 14.1. The number of amides is 2. The molecule has 1 aromatic carbocycles. The van der Waals surface area contributed by atoms with Crippen LogP contribution in [0.3, 0.4) is 0 Å². The number of anilines is 1. The zero-order valence-electron chi connectivity index (χ0n) is 12.0. The summed E-state index contributed by atoms with van der Waals surface area (Å²) in [5.74, 6) is -0.981. The topological polar surface area (TPSA) is 49.4 Å². The molecule has 6 heteroatoms. The van der Waals surface area contributed by atoms with Crippen LogP contribution in [0, 0.1) is 5.82 Å². The highest BCUT2D eigenvalue weighted by atomic mass is 79.9. The maximum absolute atomic E-state index is 14.1. The van der Waals surface area contributed by atoms with Crippen molar-refractivity contribution < 1.29 is 14.0 Å². The second-order valence-corrected chi connectivity index (χ2v) is 5.99. The number of hydrogen-bond acceptors (Lipinski definition) is 2.